The van der Waals surface area contributed by atoms with Gasteiger partial charge in [0.25, 0.3) is 0 Å². The number of pyridine rings is 1. The molecule has 0 aliphatic heterocycles. The molecule has 1 aromatic heterocycles. The van der Waals surface area contributed by atoms with Crippen molar-refractivity contribution in [1.29, 1.82) is 0 Å². The molecule has 1 heteroatoms. The molecule has 22 heavy (non-hydrogen) atoms. The fourth-order valence-electron chi connectivity index (χ4n) is 3.14. The predicted octanol–water partition coefficient (Wildman–Crippen LogP) is 5.26. The summed E-state index contributed by atoms with van der Waals surface area (Å²) in [5.74, 6) is 0. The fraction of sp³-hybridized carbons (Fsp3) is 0.190. The van der Waals surface area contributed by atoms with Gasteiger partial charge in [-0.15, -0.1) is 0 Å². The Labute approximate surface area is 132 Å². The number of hydrogen-bond acceptors (Lipinski definition) is 1. The Hall–Kier alpha value is -2.41. The minimum atomic E-state index is 0.941. The molecule has 0 amide bonds. The van der Waals surface area contributed by atoms with Gasteiger partial charge in [-0.1, -0.05) is 53.6 Å². The molecule has 3 aromatic rings. The topological polar surface area (TPSA) is 12.9 Å². The van der Waals surface area contributed by atoms with Crippen LogP contribution < -0.4 is 0 Å². The van der Waals surface area contributed by atoms with Crippen molar-refractivity contribution in [3.05, 3.63) is 88.6 Å². The Morgan fingerprint density at radius 3 is 2.27 bits per heavy atom. The molecule has 110 valence electrons. The maximum atomic E-state index is 4.55. The van der Waals surface area contributed by atoms with Crippen LogP contribution in [0.3, 0.4) is 0 Å². The maximum absolute atomic E-state index is 4.55. The lowest BCUT2D eigenvalue weighted by Gasteiger charge is -2.13. The monoisotopic (exact) mass is 287 g/mol. The van der Waals surface area contributed by atoms with E-state index in [-0.39, 0.29) is 0 Å². The molecule has 2 aromatic carbocycles. The summed E-state index contributed by atoms with van der Waals surface area (Å²) in [4.78, 5) is 4.55. The third-order valence-electron chi connectivity index (χ3n) is 3.96. The van der Waals surface area contributed by atoms with E-state index in [4.69, 9.17) is 0 Å². The Kier molecular flexibility index (Phi) is 4.06. The Morgan fingerprint density at radius 2 is 1.59 bits per heavy atom. The predicted molar refractivity (Wildman–Crippen MR) is 93.1 cm³/mol. The number of aromatic nitrogens is 1. The zero-order valence-corrected chi connectivity index (χ0v) is 13.4. The van der Waals surface area contributed by atoms with E-state index in [0.717, 1.165) is 12.1 Å². The van der Waals surface area contributed by atoms with Gasteiger partial charge in [-0.3, -0.25) is 4.98 Å². The number of nitrogens with zero attached hydrogens (tertiary/aromatic N) is 1. The minimum absolute atomic E-state index is 0.941. The molecule has 0 bridgehead atoms. The van der Waals surface area contributed by atoms with Crippen LogP contribution in [0.1, 0.15) is 27.8 Å². The molecule has 0 radical (unpaired) electrons. The molecule has 0 unspecified atom stereocenters. The molecule has 0 saturated carbocycles. The molecule has 0 N–H and O–H groups in total. The standard InChI is InChI=1S/C21H21N/c1-15-11-16(2)13-18(12-15)14-19-8-6-7-17(3)21(19)20-9-4-5-10-22-20/h4-13H,14H2,1-3H3. The van der Waals surface area contributed by atoms with Crippen molar-refractivity contribution in [1.82, 2.24) is 4.98 Å². The van der Waals surface area contributed by atoms with Crippen molar-refractivity contribution >= 4 is 0 Å². The van der Waals surface area contributed by atoms with Crippen molar-refractivity contribution in [2.75, 3.05) is 0 Å². The molecule has 1 heterocycles. The van der Waals surface area contributed by atoms with Crippen molar-refractivity contribution < 1.29 is 0 Å². The first-order chi connectivity index (χ1) is 10.6. The first-order valence-electron chi connectivity index (χ1n) is 7.70. The Balaban J connectivity index is 2.06. The lowest BCUT2D eigenvalue weighted by molar-refractivity contribution is 1.15. The first kappa shape index (κ1) is 14.5. The van der Waals surface area contributed by atoms with E-state index in [1.807, 2.05) is 12.3 Å². The number of aryl methyl sites for hydroxylation is 3. The summed E-state index contributed by atoms with van der Waals surface area (Å²) in [6.45, 7) is 6.48. The van der Waals surface area contributed by atoms with Gasteiger partial charge in [0.2, 0.25) is 0 Å². The van der Waals surface area contributed by atoms with Gasteiger partial charge in [0.05, 0.1) is 5.69 Å². The average Bonchev–Trinajstić information content (AvgIpc) is 2.47. The Morgan fingerprint density at radius 1 is 0.818 bits per heavy atom. The zero-order chi connectivity index (χ0) is 15.5. The number of rotatable bonds is 3. The molecule has 0 spiro atoms. The number of benzene rings is 2. The normalized spacial score (nSPS) is 10.7. The van der Waals surface area contributed by atoms with E-state index >= 15 is 0 Å². The summed E-state index contributed by atoms with van der Waals surface area (Å²) in [5.41, 5.74) is 8.94. The van der Waals surface area contributed by atoms with E-state index in [0.29, 0.717) is 0 Å². The van der Waals surface area contributed by atoms with Crippen LogP contribution in [0.5, 0.6) is 0 Å². The summed E-state index contributed by atoms with van der Waals surface area (Å²) in [5, 5.41) is 0. The molecule has 3 rings (SSSR count). The summed E-state index contributed by atoms with van der Waals surface area (Å²) in [7, 11) is 0. The highest BCUT2D eigenvalue weighted by atomic mass is 14.7. The largest absolute Gasteiger partial charge is 0.256 e. The van der Waals surface area contributed by atoms with Crippen LogP contribution in [0.4, 0.5) is 0 Å². The lowest BCUT2D eigenvalue weighted by Crippen LogP contribution is -1.97. The second-order valence-corrected chi connectivity index (χ2v) is 6.00. The molecule has 1 nitrogen and oxygen atoms in total. The molecule has 0 aliphatic carbocycles. The average molecular weight is 287 g/mol. The third-order valence-corrected chi connectivity index (χ3v) is 3.96. The van der Waals surface area contributed by atoms with Crippen LogP contribution in [0.2, 0.25) is 0 Å². The third kappa shape index (κ3) is 3.09. The van der Waals surface area contributed by atoms with Crippen LogP contribution in [-0.2, 0) is 6.42 Å². The van der Waals surface area contributed by atoms with Crippen molar-refractivity contribution in [3.63, 3.8) is 0 Å². The quantitative estimate of drug-likeness (QED) is 0.640. The van der Waals surface area contributed by atoms with Gasteiger partial charge in [-0.05, 0) is 56.0 Å². The minimum Gasteiger partial charge on any atom is -0.256 e. The van der Waals surface area contributed by atoms with Gasteiger partial charge in [0.1, 0.15) is 0 Å². The molecular weight excluding hydrogens is 266 g/mol. The van der Waals surface area contributed by atoms with E-state index < -0.39 is 0 Å². The second-order valence-electron chi connectivity index (χ2n) is 6.00. The first-order valence-corrected chi connectivity index (χ1v) is 7.70. The second kappa shape index (κ2) is 6.15. The van der Waals surface area contributed by atoms with Crippen molar-refractivity contribution in [2.24, 2.45) is 0 Å². The van der Waals surface area contributed by atoms with Crippen LogP contribution in [0, 0.1) is 20.8 Å². The highest BCUT2D eigenvalue weighted by Crippen LogP contribution is 2.28. The van der Waals surface area contributed by atoms with Crippen LogP contribution in [0.25, 0.3) is 11.3 Å². The van der Waals surface area contributed by atoms with Gasteiger partial charge in [0.15, 0.2) is 0 Å². The highest BCUT2D eigenvalue weighted by molar-refractivity contribution is 5.68. The van der Waals surface area contributed by atoms with Crippen molar-refractivity contribution in [2.45, 2.75) is 27.2 Å². The molecule has 0 saturated heterocycles. The molecule has 0 aliphatic rings. The van der Waals surface area contributed by atoms with Gasteiger partial charge in [-0.2, -0.15) is 0 Å². The van der Waals surface area contributed by atoms with E-state index in [2.05, 4.69) is 74.3 Å². The van der Waals surface area contributed by atoms with Gasteiger partial charge in [-0.25, -0.2) is 0 Å². The molecular formula is C21H21N. The lowest BCUT2D eigenvalue weighted by atomic mass is 9.93. The van der Waals surface area contributed by atoms with Crippen LogP contribution in [-0.4, -0.2) is 4.98 Å². The zero-order valence-electron chi connectivity index (χ0n) is 13.4. The van der Waals surface area contributed by atoms with Crippen LogP contribution >= 0.6 is 0 Å². The summed E-state index contributed by atoms with van der Waals surface area (Å²) in [6, 6.07) is 19.4. The van der Waals surface area contributed by atoms with Crippen molar-refractivity contribution in [3.8, 4) is 11.3 Å². The Bertz CT molecular complexity index is 768. The van der Waals surface area contributed by atoms with E-state index in [9.17, 15) is 0 Å². The summed E-state index contributed by atoms with van der Waals surface area (Å²) < 4.78 is 0. The van der Waals surface area contributed by atoms with Gasteiger partial charge >= 0.3 is 0 Å². The van der Waals surface area contributed by atoms with E-state index in [1.165, 1.54) is 33.4 Å². The van der Waals surface area contributed by atoms with Crippen LogP contribution in [0.15, 0.2) is 60.8 Å². The SMILES string of the molecule is Cc1cc(C)cc(Cc2cccc(C)c2-c2ccccn2)c1. The fourth-order valence-corrected chi connectivity index (χ4v) is 3.14. The summed E-state index contributed by atoms with van der Waals surface area (Å²) >= 11 is 0. The van der Waals surface area contributed by atoms with E-state index in [1.54, 1.807) is 0 Å². The molecule has 0 fully saturated rings. The highest BCUT2D eigenvalue weighted by Gasteiger charge is 2.10. The van der Waals surface area contributed by atoms with Gasteiger partial charge in [0, 0.05) is 11.8 Å². The number of hydrogen-bond donors (Lipinski definition) is 0. The smallest absolute Gasteiger partial charge is 0.0707 e. The maximum Gasteiger partial charge on any atom is 0.0707 e. The summed E-state index contributed by atoms with van der Waals surface area (Å²) in [6.07, 6.45) is 2.80. The van der Waals surface area contributed by atoms with Gasteiger partial charge < -0.3 is 0 Å². The molecule has 0 atom stereocenters.